The number of methoxy groups -OCH3 is 1. The van der Waals surface area contributed by atoms with Gasteiger partial charge in [0.05, 0.1) is 30.3 Å². The van der Waals surface area contributed by atoms with Gasteiger partial charge in [0.2, 0.25) is 11.0 Å². The first-order chi connectivity index (χ1) is 16.3. The minimum Gasteiger partial charge on any atom is -0.497 e. The highest BCUT2D eigenvalue weighted by molar-refractivity contribution is 7.12. The van der Waals surface area contributed by atoms with E-state index in [1.807, 2.05) is 67.1 Å². The molecule has 0 aliphatic carbocycles. The Morgan fingerprint density at radius 1 is 1.21 bits per heavy atom. The zero-order valence-corrected chi connectivity index (χ0v) is 21.1. The van der Waals surface area contributed by atoms with Crippen molar-refractivity contribution in [2.24, 2.45) is 5.92 Å². The summed E-state index contributed by atoms with van der Waals surface area (Å²) in [7, 11) is 1.64. The van der Waals surface area contributed by atoms with E-state index in [0.717, 1.165) is 27.8 Å². The Morgan fingerprint density at radius 3 is 2.56 bits per heavy atom. The van der Waals surface area contributed by atoms with E-state index in [0.29, 0.717) is 31.6 Å². The molecule has 1 aliphatic rings. The number of amides is 2. The first-order valence-corrected chi connectivity index (χ1v) is 12.5. The molecule has 0 spiro atoms. The van der Waals surface area contributed by atoms with E-state index >= 15 is 0 Å². The molecule has 0 saturated carbocycles. The predicted octanol–water partition coefficient (Wildman–Crippen LogP) is 3.90. The summed E-state index contributed by atoms with van der Waals surface area (Å²) in [6.07, 6.45) is 2.30. The highest BCUT2D eigenvalue weighted by Gasteiger charge is 2.32. The number of aromatic nitrogens is 3. The van der Waals surface area contributed by atoms with Crippen molar-refractivity contribution in [2.75, 3.05) is 26.7 Å². The summed E-state index contributed by atoms with van der Waals surface area (Å²) in [5.74, 6) is 0.846. The topological polar surface area (TPSA) is 80.6 Å². The van der Waals surface area contributed by atoms with E-state index in [2.05, 4.69) is 5.10 Å². The van der Waals surface area contributed by atoms with Crippen LogP contribution in [0.1, 0.15) is 43.7 Å². The maximum absolute atomic E-state index is 13.4. The molecule has 4 rings (SSSR count). The fourth-order valence-electron chi connectivity index (χ4n) is 4.28. The Bertz CT molecular complexity index is 1170. The molecule has 34 heavy (non-hydrogen) atoms. The van der Waals surface area contributed by atoms with Gasteiger partial charge in [-0.3, -0.25) is 9.59 Å². The zero-order chi connectivity index (χ0) is 24.4. The van der Waals surface area contributed by atoms with E-state index < -0.39 is 0 Å². The van der Waals surface area contributed by atoms with Crippen LogP contribution < -0.4 is 4.74 Å². The molecule has 180 valence electrons. The average Bonchev–Trinajstić information content (AvgIpc) is 3.50. The molecule has 1 atom stereocenters. The Morgan fingerprint density at radius 2 is 1.94 bits per heavy atom. The second-order valence-electron chi connectivity index (χ2n) is 8.80. The maximum atomic E-state index is 13.4. The molecule has 1 fully saturated rings. The highest BCUT2D eigenvalue weighted by atomic mass is 32.1. The zero-order valence-electron chi connectivity index (χ0n) is 20.3. The van der Waals surface area contributed by atoms with Crippen LogP contribution in [0.2, 0.25) is 0 Å². The first kappa shape index (κ1) is 23.9. The largest absolute Gasteiger partial charge is 0.497 e. The molecule has 0 radical (unpaired) electrons. The summed E-state index contributed by atoms with van der Waals surface area (Å²) in [5.41, 5.74) is 3.29. The van der Waals surface area contributed by atoms with Crippen molar-refractivity contribution in [1.29, 1.82) is 0 Å². The third kappa shape index (κ3) is 4.57. The quantitative estimate of drug-likeness (QED) is 0.534. The summed E-state index contributed by atoms with van der Waals surface area (Å²) in [6, 6.07) is 7.75. The van der Waals surface area contributed by atoms with Gasteiger partial charge in [-0.25, -0.2) is 9.67 Å². The van der Waals surface area contributed by atoms with Crippen molar-refractivity contribution in [3.05, 3.63) is 47.1 Å². The lowest BCUT2D eigenvalue weighted by Gasteiger charge is -2.40. The molecule has 9 heteroatoms. The molecule has 8 nitrogen and oxygen atoms in total. The van der Waals surface area contributed by atoms with Crippen LogP contribution in [-0.4, -0.2) is 69.2 Å². The minimum absolute atomic E-state index is 0.0151. The molecular weight excluding hydrogens is 450 g/mol. The molecule has 2 amide bonds. The van der Waals surface area contributed by atoms with Gasteiger partial charge in [0, 0.05) is 42.5 Å². The smallest absolute Gasteiger partial charge is 0.257 e. The van der Waals surface area contributed by atoms with E-state index in [-0.39, 0.29) is 23.8 Å². The lowest BCUT2D eigenvalue weighted by atomic mass is 10.1. The van der Waals surface area contributed by atoms with Crippen LogP contribution >= 0.6 is 11.3 Å². The second kappa shape index (κ2) is 9.97. The number of hydrogen-bond acceptors (Lipinski definition) is 6. The highest BCUT2D eigenvalue weighted by Crippen LogP contribution is 2.27. The van der Waals surface area contributed by atoms with Crippen molar-refractivity contribution in [1.82, 2.24) is 24.6 Å². The summed E-state index contributed by atoms with van der Waals surface area (Å²) < 4.78 is 7.00. The van der Waals surface area contributed by atoms with Crippen LogP contribution in [-0.2, 0) is 11.2 Å². The van der Waals surface area contributed by atoms with Gasteiger partial charge in [0.15, 0.2) is 0 Å². The normalized spacial score (nSPS) is 16.2. The SMILES string of the molecule is CCc1c(C(=O)N2CCN(C(=O)C(C)C)C(C)C2)cnn1-c1nc(-c2ccc(OC)cc2)cs1. The molecule has 1 saturated heterocycles. The number of piperazine rings is 1. The fraction of sp³-hybridized carbons (Fsp3) is 0.440. The molecule has 3 aromatic rings. The number of rotatable bonds is 6. The van der Waals surface area contributed by atoms with Gasteiger partial charge in [0.1, 0.15) is 5.75 Å². The minimum atomic E-state index is -0.0456. The van der Waals surface area contributed by atoms with Gasteiger partial charge in [-0.15, -0.1) is 11.3 Å². The number of benzene rings is 1. The van der Waals surface area contributed by atoms with E-state index in [4.69, 9.17) is 9.72 Å². The lowest BCUT2D eigenvalue weighted by Crippen LogP contribution is -2.56. The fourth-order valence-corrected chi connectivity index (χ4v) is 5.10. The van der Waals surface area contributed by atoms with Crippen molar-refractivity contribution in [3.8, 4) is 22.1 Å². The third-order valence-electron chi connectivity index (χ3n) is 6.18. The van der Waals surface area contributed by atoms with Crippen molar-refractivity contribution in [2.45, 2.75) is 40.2 Å². The van der Waals surface area contributed by atoms with Crippen LogP contribution in [0.3, 0.4) is 0 Å². The molecule has 0 N–H and O–H groups in total. The summed E-state index contributed by atoms with van der Waals surface area (Å²) >= 11 is 1.49. The molecule has 3 heterocycles. The number of thiazole rings is 1. The van der Waals surface area contributed by atoms with Crippen LogP contribution in [0, 0.1) is 5.92 Å². The van der Waals surface area contributed by atoms with E-state index in [1.54, 1.807) is 18.0 Å². The van der Waals surface area contributed by atoms with Crippen molar-refractivity contribution < 1.29 is 14.3 Å². The van der Waals surface area contributed by atoms with Gasteiger partial charge in [-0.05, 0) is 37.6 Å². The van der Waals surface area contributed by atoms with Crippen molar-refractivity contribution >= 4 is 23.2 Å². The average molecular weight is 482 g/mol. The monoisotopic (exact) mass is 481 g/mol. The molecule has 1 unspecified atom stereocenters. The Hall–Kier alpha value is -3.20. The van der Waals surface area contributed by atoms with Gasteiger partial charge >= 0.3 is 0 Å². The Labute approximate surface area is 204 Å². The van der Waals surface area contributed by atoms with Crippen LogP contribution in [0.4, 0.5) is 0 Å². The Balaban J connectivity index is 1.53. The number of hydrogen-bond donors (Lipinski definition) is 0. The van der Waals surface area contributed by atoms with Crippen molar-refractivity contribution in [3.63, 3.8) is 0 Å². The van der Waals surface area contributed by atoms with Crippen LogP contribution in [0.5, 0.6) is 5.75 Å². The van der Waals surface area contributed by atoms with Gasteiger partial charge in [-0.2, -0.15) is 5.10 Å². The van der Waals surface area contributed by atoms with E-state index in [1.165, 1.54) is 11.3 Å². The number of carbonyl (C=O) groups is 2. The molecule has 2 aromatic heterocycles. The molecular formula is C25H31N5O3S. The van der Waals surface area contributed by atoms with Gasteiger partial charge in [0.25, 0.3) is 5.91 Å². The maximum Gasteiger partial charge on any atom is 0.257 e. The number of nitrogens with zero attached hydrogens (tertiary/aromatic N) is 5. The molecule has 0 bridgehead atoms. The number of carbonyl (C=O) groups excluding carboxylic acids is 2. The second-order valence-corrected chi connectivity index (χ2v) is 9.64. The summed E-state index contributed by atoms with van der Waals surface area (Å²) in [6.45, 7) is 9.43. The standard InChI is InChI=1S/C25H31N5O3S/c1-6-22-20(24(32)28-11-12-29(17(4)14-28)23(31)16(2)3)13-26-30(22)25-27-21(15-34-25)18-7-9-19(33-5)10-8-18/h7-10,13,15-17H,6,11-12,14H2,1-5H3. The predicted molar refractivity (Wildman–Crippen MR) is 133 cm³/mol. The molecule has 1 aliphatic heterocycles. The summed E-state index contributed by atoms with van der Waals surface area (Å²) in [4.78, 5) is 34.3. The van der Waals surface area contributed by atoms with Gasteiger partial charge < -0.3 is 14.5 Å². The molecule has 1 aromatic carbocycles. The Kier molecular flexibility index (Phi) is 7.02. The van der Waals surface area contributed by atoms with Crippen LogP contribution in [0.25, 0.3) is 16.4 Å². The van der Waals surface area contributed by atoms with Crippen LogP contribution in [0.15, 0.2) is 35.8 Å². The lowest BCUT2D eigenvalue weighted by molar-refractivity contribution is -0.138. The summed E-state index contributed by atoms with van der Waals surface area (Å²) in [5, 5.41) is 7.24. The number of ether oxygens (including phenoxy) is 1. The third-order valence-corrected chi connectivity index (χ3v) is 7.00. The van der Waals surface area contributed by atoms with Gasteiger partial charge in [-0.1, -0.05) is 20.8 Å². The first-order valence-electron chi connectivity index (χ1n) is 11.6. The van der Waals surface area contributed by atoms with E-state index in [9.17, 15) is 9.59 Å².